The molecule has 3 aliphatic rings. The monoisotopic (exact) mass is 344 g/mol. The summed E-state index contributed by atoms with van der Waals surface area (Å²) in [5.41, 5.74) is 1.16. The molecule has 0 radical (unpaired) electrons. The van der Waals surface area contributed by atoms with Crippen LogP contribution in [0.15, 0.2) is 35.3 Å². The molecule has 4 atom stereocenters. The van der Waals surface area contributed by atoms with Gasteiger partial charge in [0, 0.05) is 11.6 Å². The summed E-state index contributed by atoms with van der Waals surface area (Å²) in [6.07, 6.45) is 6.44. The number of carbonyl (C=O) groups is 2. The van der Waals surface area contributed by atoms with Crippen molar-refractivity contribution in [3.8, 4) is 0 Å². The van der Waals surface area contributed by atoms with Crippen LogP contribution in [-0.4, -0.2) is 21.8 Å². The lowest BCUT2D eigenvalue weighted by molar-refractivity contribution is -0.120. The Balaban J connectivity index is 2.02. The van der Waals surface area contributed by atoms with E-state index in [9.17, 15) is 19.8 Å². The molecule has 0 saturated heterocycles. The molecule has 2 fully saturated rings. The van der Waals surface area contributed by atoms with Gasteiger partial charge in [-0.1, -0.05) is 32.9 Å². The Labute approximate surface area is 149 Å². The van der Waals surface area contributed by atoms with Crippen LogP contribution in [-0.2, 0) is 9.59 Å². The highest BCUT2D eigenvalue weighted by atomic mass is 16.3. The van der Waals surface area contributed by atoms with Gasteiger partial charge in [0.1, 0.15) is 0 Å². The molecule has 3 aliphatic carbocycles. The van der Waals surface area contributed by atoms with Gasteiger partial charge in [0.2, 0.25) is 11.6 Å². The summed E-state index contributed by atoms with van der Waals surface area (Å²) in [6.45, 7) is 11.0. The Morgan fingerprint density at radius 3 is 2.60 bits per heavy atom. The number of ketones is 2. The molecule has 4 nitrogen and oxygen atoms in total. The Morgan fingerprint density at radius 1 is 1.24 bits per heavy atom. The molecule has 2 N–H and O–H groups in total. The first-order chi connectivity index (χ1) is 11.6. The number of aliphatic hydroxyl groups is 2. The predicted molar refractivity (Wildman–Crippen MR) is 96.1 cm³/mol. The highest BCUT2D eigenvalue weighted by Gasteiger charge is 2.54. The Hall–Kier alpha value is -1.84. The average Bonchev–Trinajstić information content (AvgIpc) is 2.56. The summed E-state index contributed by atoms with van der Waals surface area (Å²) >= 11 is 0. The second-order valence-electron chi connectivity index (χ2n) is 8.64. The van der Waals surface area contributed by atoms with Gasteiger partial charge in [-0.05, 0) is 61.2 Å². The first-order valence-electron chi connectivity index (χ1n) is 9.21. The van der Waals surface area contributed by atoms with E-state index in [2.05, 4.69) is 27.4 Å². The minimum Gasteiger partial charge on any atom is -0.504 e. The molecule has 0 spiro atoms. The fourth-order valence-corrected chi connectivity index (χ4v) is 5.48. The lowest BCUT2D eigenvalue weighted by atomic mass is 9.46. The van der Waals surface area contributed by atoms with Crippen LogP contribution in [0.5, 0.6) is 0 Å². The first-order valence-corrected chi connectivity index (χ1v) is 9.21. The van der Waals surface area contributed by atoms with Gasteiger partial charge in [-0.25, -0.2) is 0 Å². The summed E-state index contributed by atoms with van der Waals surface area (Å²) in [5.74, 6) is -1.67. The largest absolute Gasteiger partial charge is 0.504 e. The number of aliphatic hydroxyl groups excluding tert-OH is 2. The van der Waals surface area contributed by atoms with Crippen molar-refractivity contribution in [2.24, 2.45) is 22.7 Å². The third-order valence-corrected chi connectivity index (χ3v) is 7.42. The van der Waals surface area contributed by atoms with Crippen molar-refractivity contribution in [2.45, 2.75) is 59.3 Å². The molecule has 0 heterocycles. The molecule has 4 unspecified atom stereocenters. The van der Waals surface area contributed by atoms with Crippen molar-refractivity contribution in [1.29, 1.82) is 0 Å². The molecular formula is C21H28O4. The van der Waals surface area contributed by atoms with E-state index in [4.69, 9.17) is 0 Å². The number of rotatable bonds is 2. The smallest absolute Gasteiger partial charge is 0.227 e. The topological polar surface area (TPSA) is 74.6 Å². The molecule has 0 bridgehead atoms. The Bertz CT molecular complexity index is 713. The second-order valence-corrected chi connectivity index (χ2v) is 8.64. The van der Waals surface area contributed by atoms with Gasteiger partial charge >= 0.3 is 0 Å². The average molecular weight is 344 g/mol. The quantitative estimate of drug-likeness (QED) is 0.568. The van der Waals surface area contributed by atoms with Gasteiger partial charge < -0.3 is 10.2 Å². The summed E-state index contributed by atoms with van der Waals surface area (Å²) in [4.78, 5) is 24.3. The van der Waals surface area contributed by atoms with Crippen molar-refractivity contribution in [3.63, 3.8) is 0 Å². The van der Waals surface area contributed by atoms with E-state index >= 15 is 0 Å². The second kappa shape index (κ2) is 5.86. The standard InChI is InChI=1S/C21H28O4/c1-12-6-5-7-17-20(12,3)9-8-13(2)21(17,4)11-14-18(24)15(22)10-16(23)19(14)25/h10,13,17,22,25H,1,5-9,11H2,2-4H3. The number of hydrogen-bond acceptors (Lipinski definition) is 4. The molecular weight excluding hydrogens is 316 g/mol. The van der Waals surface area contributed by atoms with Crippen LogP contribution in [0.3, 0.4) is 0 Å². The number of fused-ring (bicyclic) bond motifs is 1. The Morgan fingerprint density at radius 2 is 1.92 bits per heavy atom. The molecule has 0 aromatic heterocycles. The fraction of sp³-hybridized carbons (Fsp3) is 0.619. The van der Waals surface area contributed by atoms with E-state index in [0.717, 1.165) is 38.2 Å². The van der Waals surface area contributed by atoms with Gasteiger partial charge in [0.25, 0.3) is 0 Å². The zero-order valence-electron chi connectivity index (χ0n) is 15.4. The summed E-state index contributed by atoms with van der Waals surface area (Å²) in [7, 11) is 0. The highest BCUT2D eigenvalue weighted by Crippen LogP contribution is 2.63. The van der Waals surface area contributed by atoms with Crippen molar-refractivity contribution in [1.82, 2.24) is 0 Å². The molecule has 136 valence electrons. The molecule has 0 aromatic rings. The fourth-order valence-electron chi connectivity index (χ4n) is 5.48. The molecule has 25 heavy (non-hydrogen) atoms. The maximum Gasteiger partial charge on any atom is 0.227 e. The van der Waals surface area contributed by atoms with Gasteiger partial charge in [0.15, 0.2) is 11.5 Å². The number of allylic oxidation sites excluding steroid dienone is 3. The number of Topliss-reactive ketones (excluding diaryl/α,β-unsaturated/α-hetero) is 1. The van der Waals surface area contributed by atoms with E-state index in [1.54, 1.807) is 0 Å². The molecule has 0 amide bonds. The zero-order valence-corrected chi connectivity index (χ0v) is 15.4. The van der Waals surface area contributed by atoms with Crippen LogP contribution >= 0.6 is 0 Å². The van der Waals surface area contributed by atoms with Crippen molar-refractivity contribution in [3.05, 3.63) is 35.3 Å². The van der Waals surface area contributed by atoms with Crippen LogP contribution < -0.4 is 0 Å². The van der Waals surface area contributed by atoms with E-state index in [-0.39, 0.29) is 16.4 Å². The maximum atomic E-state index is 12.4. The third kappa shape index (κ3) is 2.57. The van der Waals surface area contributed by atoms with Crippen LogP contribution in [0.25, 0.3) is 0 Å². The molecule has 3 rings (SSSR count). The lowest BCUT2D eigenvalue weighted by Crippen LogP contribution is -2.50. The van der Waals surface area contributed by atoms with E-state index in [1.165, 1.54) is 5.57 Å². The van der Waals surface area contributed by atoms with Gasteiger partial charge in [-0.2, -0.15) is 0 Å². The van der Waals surface area contributed by atoms with Gasteiger partial charge in [-0.3, -0.25) is 9.59 Å². The molecule has 2 saturated carbocycles. The minimum atomic E-state index is -0.685. The van der Waals surface area contributed by atoms with Crippen LogP contribution in [0.4, 0.5) is 0 Å². The number of hydrogen-bond donors (Lipinski definition) is 2. The van der Waals surface area contributed by atoms with Crippen LogP contribution in [0, 0.1) is 22.7 Å². The van der Waals surface area contributed by atoms with Crippen LogP contribution in [0.1, 0.15) is 59.3 Å². The van der Waals surface area contributed by atoms with Gasteiger partial charge in [0.05, 0.1) is 0 Å². The first kappa shape index (κ1) is 18.0. The van der Waals surface area contributed by atoms with Crippen molar-refractivity contribution in [2.75, 3.05) is 0 Å². The van der Waals surface area contributed by atoms with E-state index in [1.807, 2.05) is 0 Å². The minimum absolute atomic E-state index is 0.0370. The zero-order chi connectivity index (χ0) is 18.6. The predicted octanol–water partition coefficient (Wildman–Crippen LogP) is 4.58. The SMILES string of the molecule is C=C1CCCC2C1(C)CCC(C)C2(C)CC1=C(O)C(=O)C=C(O)C1=O. The summed E-state index contributed by atoms with van der Waals surface area (Å²) in [6, 6.07) is 0. The molecule has 0 aliphatic heterocycles. The maximum absolute atomic E-state index is 12.4. The molecule has 0 aromatic carbocycles. The van der Waals surface area contributed by atoms with Crippen molar-refractivity contribution >= 4 is 11.6 Å². The Kier molecular flexibility index (Phi) is 4.21. The summed E-state index contributed by atoms with van der Waals surface area (Å²) < 4.78 is 0. The van der Waals surface area contributed by atoms with Gasteiger partial charge in [-0.15, -0.1) is 0 Å². The summed E-state index contributed by atoms with van der Waals surface area (Å²) in [5, 5.41) is 20.0. The normalized spacial score (nSPS) is 39.3. The van der Waals surface area contributed by atoms with E-state index < -0.39 is 23.1 Å². The number of carbonyl (C=O) groups excluding carboxylic acids is 2. The van der Waals surface area contributed by atoms with E-state index in [0.29, 0.717) is 18.3 Å². The van der Waals surface area contributed by atoms with Crippen molar-refractivity contribution < 1.29 is 19.8 Å². The highest BCUT2D eigenvalue weighted by molar-refractivity contribution is 6.20. The van der Waals surface area contributed by atoms with Crippen LogP contribution in [0.2, 0.25) is 0 Å². The third-order valence-electron chi connectivity index (χ3n) is 7.42. The lowest BCUT2D eigenvalue weighted by Gasteiger charge is -2.59. The molecule has 4 heteroatoms.